The van der Waals surface area contributed by atoms with E-state index in [0.717, 1.165) is 0 Å². The van der Waals surface area contributed by atoms with Crippen LogP contribution in [0, 0.1) is 0 Å². The molecule has 0 N–H and O–H groups in total. The summed E-state index contributed by atoms with van der Waals surface area (Å²) in [5.74, 6) is 0. The van der Waals surface area contributed by atoms with E-state index in [1.807, 2.05) is 0 Å². The van der Waals surface area contributed by atoms with Crippen LogP contribution in [0.25, 0.3) is 0 Å². The average molecular weight is 497 g/mol. The second-order valence-electron chi connectivity index (χ2n) is 0.333. The third-order valence-electron chi connectivity index (χ3n) is 0. The van der Waals surface area contributed by atoms with E-state index >= 15 is 0 Å². The fraction of sp³-hybridized carbons (Fsp3) is 1.00. The van der Waals surface area contributed by atoms with Crippen molar-refractivity contribution in [2.75, 3.05) is 0 Å². The zero-order valence-electron chi connectivity index (χ0n) is 7.27. The molecule has 0 unspecified atom stereocenters. The maximum atomic E-state index is 8.54. The van der Waals surface area contributed by atoms with Crippen LogP contribution in [-0.2, 0) is 75.6 Å². The topological polar surface area (TPSA) is 137 Å². The molecule has 0 aliphatic heterocycles. The third-order valence-corrected chi connectivity index (χ3v) is 0. The molecule has 0 aromatic heterocycles. The van der Waals surface area contributed by atoms with Gasteiger partial charge in [-0.3, -0.25) is 17.8 Å². The van der Waals surface area contributed by atoms with Crippen LogP contribution in [0.15, 0.2) is 0 Å². The molecule has 0 radical (unpaired) electrons. The van der Waals surface area contributed by atoms with E-state index in [1.165, 1.54) is 7.40 Å². The van der Waals surface area contributed by atoms with Crippen LogP contribution in [0.4, 0.5) is 0 Å². The van der Waals surface area contributed by atoms with Gasteiger partial charge in [0.1, 0.15) is 0 Å². The Kier molecular flexibility index (Phi) is 1380. The summed E-state index contributed by atoms with van der Waals surface area (Å²) in [6.07, 6.45) is 0. The van der Waals surface area contributed by atoms with Crippen molar-refractivity contribution in [3.8, 4) is 0 Å². The van der Waals surface area contributed by atoms with Gasteiger partial charge in [0.15, 0.2) is 0 Å². The van der Waals surface area contributed by atoms with Crippen molar-refractivity contribution in [1.29, 1.82) is 0 Å². The summed E-state index contributed by atoms with van der Waals surface area (Å²) < 4.78 is 73.5. The number of hydrogen-bond acceptors (Lipinski definition) is 8. The van der Waals surface area contributed by atoms with Gasteiger partial charge in [0.2, 0.25) is 0 Å². The molecule has 0 aliphatic carbocycles. The van der Waals surface area contributed by atoms with E-state index < -0.39 is 65.1 Å². The Morgan fingerprint density at radius 1 is 0.500 bits per heavy atom. The van der Waals surface area contributed by atoms with Gasteiger partial charge in [-0.2, -0.15) is 0 Å². The van der Waals surface area contributed by atoms with Gasteiger partial charge in [0.05, 0.1) is 0 Å². The van der Waals surface area contributed by atoms with E-state index in [9.17, 15) is 0 Å². The molecular weight excluding hydrogens is 463 g/mol. The van der Waals surface area contributed by atoms with Crippen LogP contribution in [0.2, 0.25) is 0 Å². The predicted octanol–water partition coefficient (Wildman–Crippen LogP) is 3.37. The van der Waals surface area contributed by atoms with E-state index in [-0.39, 0.29) is 52.0 Å². The van der Waals surface area contributed by atoms with Crippen molar-refractivity contribution in [3.05, 3.63) is 0 Å². The SMILES string of the molecule is C.C.C.C.C.C.C.O=[Si]=O.O=[Si]=O.[3H]C.[O]=[Zr]=[O].[O]=[Zr]=[O]. The molecule has 0 heterocycles. The molecule has 0 amide bonds. The fourth-order valence-corrected chi connectivity index (χ4v) is 0. The van der Waals surface area contributed by atoms with E-state index in [1.54, 1.807) is 0 Å². The van der Waals surface area contributed by atoms with Crippen molar-refractivity contribution in [2.45, 2.75) is 59.4 Å². The zero-order chi connectivity index (χ0) is 12.8. The summed E-state index contributed by atoms with van der Waals surface area (Å²) in [6, 6.07) is 0. The molecule has 0 bridgehead atoms. The van der Waals surface area contributed by atoms with Crippen molar-refractivity contribution < 1.29 is 77.0 Å². The van der Waals surface area contributed by atoms with Gasteiger partial charge in [-0.1, -0.05) is 59.4 Å². The standard InChI is InChI=1S/8CH4.2O2Si.4O.2Zr/c;;;;;;;;2*1-3-2;;;;;;/h8*1H4;;;;;;;;/i1T;;;;;;;;;;;;;;;. The Bertz CT molecular complexity index is 172. The van der Waals surface area contributed by atoms with Crippen LogP contribution in [0.1, 0.15) is 60.8 Å². The van der Waals surface area contributed by atoms with Gasteiger partial charge in [0.25, 0.3) is 0 Å². The average Bonchev–Trinajstić information content (AvgIpc) is 2.12. The van der Waals surface area contributed by atoms with Crippen molar-refractivity contribution in [2.24, 2.45) is 0 Å². The Labute approximate surface area is 154 Å². The van der Waals surface area contributed by atoms with Crippen molar-refractivity contribution in [3.63, 3.8) is 0 Å². The van der Waals surface area contributed by atoms with Gasteiger partial charge < -0.3 is 0 Å². The Morgan fingerprint density at radius 3 is 0.500 bits per heavy atom. The minimum atomic E-state index is -2.27. The summed E-state index contributed by atoms with van der Waals surface area (Å²) >= 11 is -4.54. The molecule has 128 valence electrons. The molecule has 0 aliphatic rings. The molecule has 0 spiro atoms. The van der Waals surface area contributed by atoms with Crippen LogP contribution >= 0.6 is 0 Å². The maximum absolute atomic E-state index is 8.54. The Balaban J connectivity index is -0.00000000447. The summed E-state index contributed by atoms with van der Waals surface area (Å²) in [6.45, 7) is 0. The van der Waals surface area contributed by atoms with Crippen LogP contribution in [0.5, 0.6) is 0 Å². The first-order chi connectivity index (χ1) is 6.66. The van der Waals surface area contributed by atoms with E-state index in [0.29, 0.717) is 0 Å². The fourth-order valence-electron chi connectivity index (χ4n) is 0. The van der Waals surface area contributed by atoms with Crippen LogP contribution in [-0.4, -0.2) is 18.6 Å². The Hall–Kier alpha value is 0.600. The summed E-state index contributed by atoms with van der Waals surface area (Å²) in [5, 5.41) is 0. The molecule has 0 aromatic carbocycles. The first-order valence-corrected chi connectivity index (χ1v) is 7.28. The number of hydrogen-bond donors (Lipinski definition) is 0. The summed E-state index contributed by atoms with van der Waals surface area (Å²) in [4.78, 5) is 0. The quantitative estimate of drug-likeness (QED) is 0.465. The molecular formula is C8H32O8Si2Zr2. The van der Waals surface area contributed by atoms with Gasteiger partial charge in [-0.05, 0) is 0 Å². The van der Waals surface area contributed by atoms with Crippen LogP contribution < -0.4 is 0 Å². The molecule has 0 saturated carbocycles. The number of rotatable bonds is 0. The molecule has 0 fully saturated rings. The first kappa shape index (κ1) is 85.9. The molecule has 0 atom stereocenters. The van der Waals surface area contributed by atoms with E-state index in [2.05, 4.69) is 0 Å². The molecule has 0 rings (SSSR count). The molecule has 20 heavy (non-hydrogen) atoms. The van der Waals surface area contributed by atoms with Gasteiger partial charge in [-0.25, -0.2) is 0 Å². The second-order valence-corrected chi connectivity index (χ2v) is 1.49. The minimum absolute atomic E-state index is 0. The van der Waals surface area contributed by atoms with Gasteiger partial charge >= 0.3 is 76.3 Å². The zero-order valence-corrected chi connectivity index (χ0v) is 13.2. The molecule has 8 nitrogen and oxygen atoms in total. The van der Waals surface area contributed by atoms with E-state index in [4.69, 9.17) is 30.5 Å². The second kappa shape index (κ2) is 320. The van der Waals surface area contributed by atoms with Gasteiger partial charge in [-0.15, -0.1) is 0 Å². The summed E-state index contributed by atoms with van der Waals surface area (Å²) in [7, 11) is -1.58. The van der Waals surface area contributed by atoms with Gasteiger partial charge in [0, 0.05) is 1.37 Å². The van der Waals surface area contributed by atoms with Crippen molar-refractivity contribution in [1.82, 2.24) is 0 Å². The van der Waals surface area contributed by atoms with Crippen LogP contribution in [0.3, 0.4) is 0 Å². The normalized spacial score (nSPS) is 1.95. The molecule has 0 saturated heterocycles. The molecule has 12 heteroatoms. The third kappa shape index (κ3) is 16000. The Morgan fingerprint density at radius 2 is 0.500 bits per heavy atom. The van der Waals surface area contributed by atoms with Crippen molar-refractivity contribution >= 4 is 18.6 Å². The predicted molar refractivity (Wildman–Crippen MR) is 70.8 cm³/mol. The first-order valence-electron chi connectivity index (χ1n) is 2.63. The summed E-state index contributed by atoms with van der Waals surface area (Å²) in [5.41, 5.74) is 0. The molecule has 0 aromatic rings. The monoisotopic (exact) mass is 494 g/mol.